The molecule has 1 aliphatic heterocycles. The smallest absolute Gasteiger partial charge is 0.377 e. The fraction of sp³-hybridized carbons (Fsp3) is 0.600. The van der Waals surface area contributed by atoms with Crippen LogP contribution in [0.4, 0.5) is 13.2 Å². The maximum absolute atomic E-state index is 12.7. The van der Waals surface area contributed by atoms with Crippen LogP contribution in [-0.2, 0) is 10.9 Å². The van der Waals surface area contributed by atoms with Crippen molar-refractivity contribution in [2.45, 2.75) is 44.5 Å². The summed E-state index contributed by atoms with van der Waals surface area (Å²) in [6.07, 6.45) is -0.842. The van der Waals surface area contributed by atoms with E-state index in [9.17, 15) is 13.2 Å². The Bertz CT molecular complexity index is 427. The number of hydrogen-bond donors (Lipinski definition) is 1. The lowest BCUT2D eigenvalue weighted by molar-refractivity contribution is -0.137. The summed E-state index contributed by atoms with van der Waals surface area (Å²) in [6, 6.07) is 5.35. The van der Waals surface area contributed by atoms with Gasteiger partial charge in [-0.05, 0) is 43.9 Å². The first kappa shape index (κ1) is 15.3. The molecule has 1 aliphatic rings. The van der Waals surface area contributed by atoms with Crippen LogP contribution in [0.15, 0.2) is 24.3 Å². The zero-order valence-corrected chi connectivity index (χ0v) is 11.5. The van der Waals surface area contributed by atoms with Crippen LogP contribution in [-0.4, -0.2) is 19.3 Å². The van der Waals surface area contributed by atoms with Crippen LogP contribution in [0.5, 0.6) is 0 Å². The van der Waals surface area contributed by atoms with Gasteiger partial charge in [0.25, 0.3) is 0 Å². The lowest BCUT2D eigenvalue weighted by Gasteiger charge is -2.25. The molecule has 0 spiro atoms. The van der Waals surface area contributed by atoms with Crippen molar-refractivity contribution in [1.29, 1.82) is 0 Å². The molecule has 2 rings (SSSR count). The summed E-state index contributed by atoms with van der Waals surface area (Å²) in [5.74, 6) is 0. The molecule has 20 heavy (non-hydrogen) atoms. The average molecular weight is 287 g/mol. The zero-order valence-electron chi connectivity index (χ0n) is 11.5. The Morgan fingerprint density at radius 1 is 1.35 bits per heavy atom. The van der Waals surface area contributed by atoms with Gasteiger partial charge in [-0.2, -0.15) is 13.2 Å². The van der Waals surface area contributed by atoms with Gasteiger partial charge in [-0.25, -0.2) is 0 Å². The monoisotopic (exact) mass is 287 g/mol. The van der Waals surface area contributed by atoms with Crippen molar-refractivity contribution in [2.75, 3.05) is 13.2 Å². The Morgan fingerprint density at radius 3 is 2.80 bits per heavy atom. The van der Waals surface area contributed by atoms with Gasteiger partial charge in [-0.15, -0.1) is 0 Å². The minimum absolute atomic E-state index is 0.122. The van der Waals surface area contributed by atoms with Crippen molar-refractivity contribution < 1.29 is 17.9 Å². The summed E-state index contributed by atoms with van der Waals surface area (Å²) in [5.41, 5.74) is 0.0493. The number of rotatable bonds is 4. The van der Waals surface area contributed by atoms with E-state index in [0.717, 1.165) is 31.9 Å². The van der Waals surface area contributed by atoms with Gasteiger partial charge in [0.15, 0.2) is 0 Å². The molecular weight excluding hydrogens is 267 g/mol. The molecule has 2 nitrogen and oxygen atoms in total. The molecule has 0 amide bonds. The summed E-state index contributed by atoms with van der Waals surface area (Å²) in [4.78, 5) is 0. The molecule has 1 N–H and O–H groups in total. The van der Waals surface area contributed by atoms with Crippen LogP contribution in [0.3, 0.4) is 0 Å². The number of benzene rings is 1. The maximum atomic E-state index is 12.7. The molecule has 1 fully saturated rings. The van der Waals surface area contributed by atoms with E-state index in [1.165, 1.54) is 12.1 Å². The molecule has 0 radical (unpaired) electrons. The van der Waals surface area contributed by atoms with Crippen LogP contribution in [0.2, 0.25) is 0 Å². The highest BCUT2D eigenvalue weighted by atomic mass is 19.4. The predicted molar refractivity (Wildman–Crippen MR) is 71.5 cm³/mol. The van der Waals surface area contributed by atoms with Crippen molar-refractivity contribution in [3.63, 3.8) is 0 Å². The van der Waals surface area contributed by atoms with Gasteiger partial charge in [-0.1, -0.05) is 12.1 Å². The highest BCUT2D eigenvalue weighted by molar-refractivity contribution is 5.27. The molecule has 0 bridgehead atoms. The Hall–Kier alpha value is -1.07. The van der Waals surface area contributed by atoms with E-state index in [0.29, 0.717) is 12.1 Å². The van der Waals surface area contributed by atoms with Gasteiger partial charge >= 0.3 is 6.18 Å². The molecule has 1 heterocycles. The highest BCUT2D eigenvalue weighted by Crippen LogP contribution is 2.30. The number of halogens is 3. The molecule has 0 aliphatic carbocycles. The van der Waals surface area contributed by atoms with Gasteiger partial charge in [-0.3, -0.25) is 0 Å². The summed E-state index contributed by atoms with van der Waals surface area (Å²) < 4.78 is 43.6. The van der Waals surface area contributed by atoms with Crippen LogP contribution in [0.1, 0.15) is 43.4 Å². The van der Waals surface area contributed by atoms with Crippen molar-refractivity contribution in [1.82, 2.24) is 5.32 Å². The van der Waals surface area contributed by atoms with E-state index in [1.54, 1.807) is 6.07 Å². The third-order valence-electron chi connectivity index (χ3n) is 3.64. The predicted octanol–water partition coefficient (Wildman–Crippen LogP) is 3.93. The first-order valence-electron chi connectivity index (χ1n) is 6.99. The van der Waals surface area contributed by atoms with E-state index in [1.807, 2.05) is 6.92 Å². The normalized spacial score (nSPS) is 21.7. The Morgan fingerprint density at radius 2 is 2.15 bits per heavy atom. The first-order valence-corrected chi connectivity index (χ1v) is 6.99. The first-order chi connectivity index (χ1) is 9.47. The molecule has 1 aromatic carbocycles. The van der Waals surface area contributed by atoms with Crippen molar-refractivity contribution in [3.05, 3.63) is 35.4 Å². The van der Waals surface area contributed by atoms with Gasteiger partial charge < -0.3 is 10.1 Å². The third kappa shape index (κ3) is 4.21. The van der Waals surface area contributed by atoms with Crippen molar-refractivity contribution in [2.24, 2.45) is 0 Å². The number of ether oxygens (including phenoxy) is 1. The second kappa shape index (κ2) is 6.59. The number of alkyl halides is 3. The van der Waals surface area contributed by atoms with Gasteiger partial charge in [0.05, 0.1) is 11.7 Å². The summed E-state index contributed by atoms with van der Waals surface area (Å²) in [7, 11) is 0. The van der Waals surface area contributed by atoms with Crippen LogP contribution in [0, 0.1) is 0 Å². The Balaban J connectivity index is 1.93. The van der Waals surface area contributed by atoms with E-state index in [2.05, 4.69) is 5.32 Å². The number of nitrogens with one attached hydrogen (secondary N) is 1. The molecule has 112 valence electrons. The Labute approximate surface area is 117 Å². The van der Waals surface area contributed by atoms with E-state index in [4.69, 9.17) is 4.74 Å². The quantitative estimate of drug-likeness (QED) is 0.906. The van der Waals surface area contributed by atoms with Gasteiger partial charge in [0, 0.05) is 19.2 Å². The third-order valence-corrected chi connectivity index (χ3v) is 3.64. The summed E-state index contributed by atoms with van der Waals surface area (Å²) in [6.45, 7) is 3.33. The van der Waals surface area contributed by atoms with Crippen LogP contribution < -0.4 is 5.32 Å². The highest BCUT2D eigenvalue weighted by Gasteiger charge is 2.30. The second-order valence-electron chi connectivity index (χ2n) is 5.24. The average Bonchev–Trinajstić information content (AvgIpc) is 2.45. The molecule has 5 heteroatoms. The van der Waals surface area contributed by atoms with E-state index < -0.39 is 11.7 Å². The van der Waals surface area contributed by atoms with Crippen LogP contribution >= 0.6 is 0 Å². The minimum Gasteiger partial charge on any atom is -0.377 e. The van der Waals surface area contributed by atoms with Gasteiger partial charge in [0.1, 0.15) is 0 Å². The molecule has 2 unspecified atom stereocenters. The molecule has 1 aromatic rings. The summed E-state index contributed by atoms with van der Waals surface area (Å²) >= 11 is 0. The topological polar surface area (TPSA) is 21.3 Å². The summed E-state index contributed by atoms with van der Waals surface area (Å²) in [5, 5.41) is 3.25. The zero-order chi connectivity index (χ0) is 14.6. The van der Waals surface area contributed by atoms with Crippen molar-refractivity contribution in [3.8, 4) is 0 Å². The fourth-order valence-corrected chi connectivity index (χ4v) is 2.38. The largest absolute Gasteiger partial charge is 0.416 e. The molecule has 0 aromatic heterocycles. The molecular formula is C15H20F3NO. The second-order valence-corrected chi connectivity index (χ2v) is 5.24. The fourth-order valence-electron chi connectivity index (χ4n) is 2.38. The minimum atomic E-state index is -4.29. The maximum Gasteiger partial charge on any atom is 0.416 e. The van der Waals surface area contributed by atoms with Crippen LogP contribution in [0.25, 0.3) is 0 Å². The molecule has 1 saturated heterocycles. The van der Waals surface area contributed by atoms with Crippen molar-refractivity contribution >= 4 is 0 Å². The standard InChI is InChI=1S/C15H20F3NO/c1-11(19-10-14-7-2-3-8-20-14)12-5-4-6-13(9-12)15(16,17)18/h4-6,9,11,14,19H,2-3,7-8,10H2,1H3. The van der Waals surface area contributed by atoms with E-state index in [-0.39, 0.29) is 12.1 Å². The lowest BCUT2D eigenvalue weighted by Crippen LogP contribution is -2.33. The van der Waals surface area contributed by atoms with Gasteiger partial charge in [0.2, 0.25) is 0 Å². The number of hydrogen-bond acceptors (Lipinski definition) is 2. The lowest BCUT2D eigenvalue weighted by atomic mass is 10.0. The Kier molecular flexibility index (Phi) is 5.05. The molecule has 0 saturated carbocycles. The van der Waals surface area contributed by atoms with E-state index >= 15 is 0 Å². The molecule has 2 atom stereocenters. The SMILES string of the molecule is CC(NCC1CCCCO1)c1cccc(C(F)(F)F)c1.